The summed E-state index contributed by atoms with van der Waals surface area (Å²) in [6.07, 6.45) is 5.12. The number of rotatable bonds is 5. The molecule has 1 N–H and O–H groups in total. The van der Waals surface area contributed by atoms with Gasteiger partial charge in [0, 0.05) is 35.5 Å². The van der Waals surface area contributed by atoms with Gasteiger partial charge in [0.15, 0.2) is 5.13 Å². The number of hydrogen-bond donors (Lipinski definition) is 1. The highest BCUT2D eigenvalue weighted by Gasteiger charge is 2.58. The third-order valence-corrected chi connectivity index (χ3v) is 9.54. The Morgan fingerprint density at radius 3 is 2.15 bits per heavy atom. The zero-order valence-corrected chi connectivity index (χ0v) is 22.8. The molecular formula is C34H29N3OS. The summed E-state index contributed by atoms with van der Waals surface area (Å²) in [4.78, 5) is 22.9. The molecule has 2 aromatic heterocycles. The van der Waals surface area contributed by atoms with Crippen LogP contribution in [0.3, 0.4) is 0 Å². The summed E-state index contributed by atoms with van der Waals surface area (Å²) >= 11 is 1.50. The zero-order valence-electron chi connectivity index (χ0n) is 22.0. The van der Waals surface area contributed by atoms with Gasteiger partial charge >= 0.3 is 0 Å². The van der Waals surface area contributed by atoms with Crippen LogP contribution in [-0.2, 0) is 16.6 Å². The van der Waals surface area contributed by atoms with E-state index in [2.05, 4.69) is 96.9 Å². The molecule has 1 atom stereocenters. The van der Waals surface area contributed by atoms with Gasteiger partial charge in [0.05, 0.1) is 11.1 Å². The minimum absolute atomic E-state index is 0.0186. The number of nitrogens with one attached hydrogen (secondary N) is 1. The van der Waals surface area contributed by atoms with E-state index in [-0.39, 0.29) is 17.2 Å². The van der Waals surface area contributed by atoms with E-state index in [1.54, 1.807) is 0 Å². The van der Waals surface area contributed by atoms with E-state index >= 15 is 0 Å². The standard InChI is InChI=1S/C34H29N3OS/c1-33-21-34(2,30(26-7-3-5-9-28(26)33)27-8-4-6-10-29(27)33)31(38)37-32-36-25(20-39-32)19-22-11-13-23(14-12-22)24-15-17-35-18-16-24/h3-18,20,30H,19,21H2,1-2H3,(H,36,37,38). The Balaban J connectivity index is 1.12. The van der Waals surface area contributed by atoms with Gasteiger partial charge in [0.25, 0.3) is 0 Å². The number of thiazole rings is 1. The summed E-state index contributed by atoms with van der Waals surface area (Å²) in [7, 11) is 0. The fraction of sp³-hybridized carbons (Fsp3) is 0.206. The number of benzene rings is 3. The van der Waals surface area contributed by atoms with Gasteiger partial charge < -0.3 is 5.32 Å². The van der Waals surface area contributed by atoms with Crippen LogP contribution in [0.15, 0.2) is 103 Å². The quantitative estimate of drug-likeness (QED) is 0.256. The molecule has 4 nitrogen and oxygen atoms in total. The number of amides is 1. The molecule has 2 bridgehead atoms. The average Bonchev–Trinajstić information content (AvgIpc) is 3.40. The molecule has 5 heteroatoms. The summed E-state index contributed by atoms with van der Waals surface area (Å²) in [5, 5.41) is 5.93. The first-order chi connectivity index (χ1) is 19.0. The lowest BCUT2D eigenvalue weighted by Gasteiger charge is -2.55. The maximum absolute atomic E-state index is 14.0. The molecule has 0 radical (unpaired) electrons. The number of carbonyl (C=O) groups excluding carboxylic acids is 1. The van der Waals surface area contributed by atoms with Gasteiger partial charge in [-0.2, -0.15) is 0 Å². The number of anilines is 1. The van der Waals surface area contributed by atoms with E-state index in [9.17, 15) is 4.79 Å². The second kappa shape index (κ2) is 8.99. The first-order valence-corrected chi connectivity index (χ1v) is 14.3. The second-order valence-electron chi connectivity index (χ2n) is 11.2. The van der Waals surface area contributed by atoms with Gasteiger partial charge in [0.1, 0.15) is 0 Å². The Kier molecular flexibility index (Phi) is 5.53. The van der Waals surface area contributed by atoms with Crippen LogP contribution in [0.5, 0.6) is 0 Å². The predicted octanol–water partition coefficient (Wildman–Crippen LogP) is 7.60. The molecule has 1 amide bonds. The Morgan fingerprint density at radius 1 is 0.872 bits per heavy atom. The van der Waals surface area contributed by atoms with Crippen molar-refractivity contribution in [2.75, 3.05) is 5.32 Å². The number of hydrogen-bond acceptors (Lipinski definition) is 4. The van der Waals surface area contributed by atoms with E-state index in [1.807, 2.05) is 29.9 Å². The number of nitrogens with zero attached hydrogens (tertiary/aromatic N) is 2. The van der Waals surface area contributed by atoms with Crippen LogP contribution in [0.1, 0.15) is 59.7 Å². The highest BCUT2D eigenvalue weighted by molar-refractivity contribution is 7.13. The predicted molar refractivity (Wildman–Crippen MR) is 157 cm³/mol. The SMILES string of the molecule is CC12CC(C)(C(=O)Nc3nc(Cc4ccc(-c5ccncc5)cc4)cs3)C(c3ccccc31)c1ccccc12. The molecule has 0 fully saturated rings. The molecule has 3 aliphatic rings. The number of pyridine rings is 1. The molecule has 2 heterocycles. The van der Waals surface area contributed by atoms with E-state index < -0.39 is 5.41 Å². The first kappa shape index (κ1) is 24.0. The minimum Gasteiger partial charge on any atom is -0.301 e. The van der Waals surface area contributed by atoms with Crippen LogP contribution >= 0.6 is 11.3 Å². The molecule has 5 aromatic rings. The van der Waals surface area contributed by atoms with E-state index in [1.165, 1.54) is 44.7 Å². The van der Waals surface area contributed by atoms with Crippen LogP contribution in [0.4, 0.5) is 5.13 Å². The number of aromatic nitrogens is 2. The van der Waals surface area contributed by atoms with Gasteiger partial charge in [-0.25, -0.2) is 4.98 Å². The lowest BCUT2D eigenvalue weighted by atomic mass is 9.47. The highest BCUT2D eigenvalue weighted by atomic mass is 32.1. The van der Waals surface area contributed by atoms with Gasteiger partial charge in [-0.1, -0.05) is 79.7 Å². The Labute approximate surface area is 232 Å². The first-order valence-electron chi connectivity index (χ1n) is 13.4. The van der Waals surface area contributed by atoms with Crippen molar-refractivity contribution in [1.29, 1.82) is 0 Å². The van der Waals surface area contributed by atoms with Gasteiger partial charge in [-0.3, -0.25) is 9.78 Å². The molecule has 3 aromatic carbocycles. The van der Waals surface area contributed by atoms with E-state index in [0.717, 1.165) is 24.1 Å². The zero-order chi connectivity index (χ0) is 26.6. The van der Waals surface area contributed by atoms with Crippen molar-refractivity contribution in [1.82, 2.24) is 9.97 Å². The van der Waals surface area contributed by atoms with Crippen molar-refractivity contribution in [3.05, 3.63) is 136 Å². The summed E-state index contributed by atoms with van der Waals surface area (Å²) < 4.78 is 0. The molecule has 39 heavy (non-hydrogen) atoms. The van der Waals surface area contributed by atoms with Crippen molar-refractivity contribution in [2.24, 2.45) is 5.41 Å². The van der Waals surface area contributed by atoms with Crippen molar-refractivity contribution in [3.8, 4) is 11.1 Å². The maximum Gasteiger partial charge on any atom is 0.233 e. The van der Waals surface area contributed by atoms with E-state index in [4.69, 9.17) is 4.98 Å². The van der Waals surface area contributed by atoms with Crippen molar-refractivity contribution in [2.45, 2.75) is 38.0 Å². The maximum atomic E-state index is 14.0. The summed E-state index contributed by atoms with van der Waals surface area (Å²) in [6, 6.07) is 29.9. The minimum atomic E-state index is -0.577. The van der Waals surface area contributed by atoms with E-state index in [0.29, 0.717) is 5.13 Å². The smallest absolute Gasteiger partial charge is 0.233 e. The Bertz CT molecular complexity index is 1640. The topological polar surface area (TPSA) is 54.9 Å². The fourth-order valence-electron chi connectivity index (χ4n) is 6.99. The van der Waals surface area contributed by atoms with Gasteiger partial charge in [0.2, 0.25) is 5.91 Å². The normalized spacial score (nSPS) is 22.7. The lowest BCUT2D eigenvalue weighted by molar-refractivity contribution is -0.127. The largest absolute Gasteiger partial charge is 0.301 e. The molecule has 0 spiro atoms. The van der Waals surface area contributed by atoms with Crippen molar-refractivity contribution < 1.29 is 4.79 Å². The van der Waals surface area contributed by atoms with Crippen LogP contribution in [-0.4, -0.2) is 15.9 Å². The number of carbonyl (C=O) groups is 1. The van der Waals surface area contributed by atoms with Gasteiger partial charge in [-0.15, -0.1) is 11.3 Å². The fourth-order valence-corrected chi connectivity index (χ4v) is 7.70. The molecule has 0 aliphatic heterocycles. The summed E-state index contributed by atoms with van der Waals surface area (Å²) in [5.74, 6) is 0.0652. The van der Waals surface area contributed by atoms with Crippen LogP contribution < -0.4 is 5.32 Å². The lowest BCUT2D eigenvalue weighted by Crippen LogP contribution is -2.53. The molecular weight excluding hydrogens is 498 g/mol. The highest BCUT2D eigenvalue weighted by Crippen LogP contribution is 2.63. The molecule has 192 valence electrons. The molecule has 3 aliphatic carbocycles. The third-order valence-electron chi connectivity index (χ3n) is 8.73. The van der Waals surface area contributed by atoms with Gasteiger partial charge in [-0.05, 0) is 64.4 Å². The van der Waals surface area contributed by atoms with Crippen molar-refractivity contribution in [3.63, 3.8) is 0 Å². The average molecular weight is 528 g/mol. The van der Waals surface area contributed by atoms with Crippen LogP contribution in [0, 0.1) is 5.41 Å². The summed E-state index contributed by atoms with van der Waals surface area (Å²) in [5.41, 5.74) is 8.94. The number of fused-ring (bicyclic) bond motifs is 1. The molecule has 8 rings (SSSR count). The third kappa shape index (κ3) is 3.83. The molecule has 0 saturated heterocycles. The summed E-state index contributed by atoms with van der Waals surface area (Å²) in [6.45, 7) is 4.43. The second-order valence-corrected chi connectivity index (χ2v) is 12.1. The van der Waals surface area contributed by atoms with Crippen LogP contribution in [0.25, 0.3) is 11.1 Å². The Morgan fingerprint density at radius 2 is 1.49 bits per heavy atom. The van der Waals surface area contributed by atoms with Crippen LogP contribution in [0.2, 0.25) is 0 Å². The monoisotopic (exact) mass is 527 g/mol. The molecule has 1 unspecified atom stereocenters. The molecule has 0 saturated carbocycles. The van der Waals surface area contributed by atoms with Crippen molar-refractivity contribution >= 4 is 22.4 Å². The Hall–Kier alpha value is -4.09.